The van der Waals surface area contributed by atoms with Gasteiger partial charge >= 0.3 is 0 Å². The Kier molecular flexibility index (Phi) is 3.37. The fraction of sp³-hybridized carbons (Fsp3) is 0.250. The highest BCUT2D eigenvalue weighted by Crippen LogP contribution is 2.15. The van der Waals surface area contributed by atoms with Crippen LogP contribution in [0.2, 0.25) is 0 Å². The van der Waals surface area contributed by atoms with Gasteiger partial charge in [-0.15, -0.1) is 0 Å². The minimum atomic E-state index is 0.791. The number of fused-ring (bicyclic) bond motifs is 1. The van der Waals surface area contributed by atoms with Crippen molar-refractivity contribution in [3.63, 3.8) is 0 Å². The van der Waals surface area contributed by atoms with Crippen LogP contribution < -0.4 is 4.90 Å². The van der Waals surface area contributed by atoms with Crippen LogP contribution in [0.5, 0.6) is 0 Å². The van der Waals surface area contributed by atoms with Gasteiger partial charge in [0.15, 0.2) is 5.65 Å². The molecule has 1 N–H and O–H groups in total. The van der Waals surface area contributed by atoms with E-state index < -0.39 is 0 Å². The molecule has 4 heteroatoms. The predicted octanol–water partition coefficient (Wildman–Crippen LogP) is 2.81. The summed E-state index contributed by atoms with van der Waals surface area (Å²) in [4.78, 5) is 14.4. The van der Waals surface area contributed by atoms with Gasteiger partial charge in [0, 0.05) is 20.5 Å². The number of aromatic nitrogens is 3. The van der Waals surface area contributed by atoms with Gasteiger partial charge in [-0.1, -0.05) is 30.3 Å². The lowest BCUT2D eigenvalue weighted by Gasteiger charge is -2.09. The molecule has 1 aromatic carbocycles. The number of nitrogens with zero attached hydrogens (tertiary/aromatic N) is 3. The number of pyridine rings is 1. The molecule has 0 aliphatic carbocycles. The van der Waals surface area contributed by atoms with Gasteiger partial charge in [0.1, 0.15) is 11.6 Å². The van der Waals surface area contributed by atoms with E-state index in [0.29, 0.717) is 0 Å². The highest BCUT2D eigenvalue weighted by atomic mass is 15.1. The highest BCUT2D eigenvalue weighted by molar-refractivity contribution is 5.73. The van der Waals surface area contributed by atoms with Crippen LogP contribution in [0.4, 0.5) is 5.82 Å². The third kappa shape index (κ3) is 2.64. The van der Waals surface area contributed by atoms with E-state index in [2.05, 4.69) is 39.2 Å². The lowest BCUT2D eigenvalue weighted by molar-refractivity contribution is 0.889. The number of aryl methyl sites for hydroxylation is 2. The zero-order chi connectivity index (χ0) is 13.9. The molecule has 0 spiro atoms. The van der Waals surface area contributed by atoms with Crippen LogP contribution >= 0.6 is 0 Å². The molecule has 0 aliphatic heterocycles. The summed E-state index contributed by atoms with van der Waals surface area (Å²) in [5.74, 6) is 1.92. The minimum absolute atomic E-state index is 0.791. The largest absolute Gasteiger partial charge is 0.363 e. The fourth-order valence-corrected chi connectivity index (χ4v) is 2.21. The Balaban J connectivity index is 1.79. The van der Waals surface area contributed by atoms with Crippen molar-refractivity contribution in [1.82, 2.24) is 15.0 Å². The fourth-order valence-electron chi connectivity index (χ4n) is 2.21. The first-order chi connectivity index (χ1) is 9.72. The second-order valence-corrected chi connectivity index (χ2v) is 5.10. The first kappa shape index (κ1) is 12.7. The average molecular weight is 266 g/mol. The maximum Gasteiger partial charge on any atom is 0.179 e. The molecule has 20 heavy (non-hydrogen) atoms. The van der Waals surface area contributed by atoms with Crippen molar-refractivity contribution in [2.24, 2.45) is 0 Å². The predicted molar refractivity (Wildman–Crippen MR) is 82.1 cm³/mol. The topological polar surface area (TPSA) is 44.8 Å². The maximum atomic E-state index is 4.58. The highest BCUT2D eigenvalue weighted by Gasteiger charge is 2.06. The van der Waals surface area contributed by atoms with Gasteiger partial charge < -0.3 is 9.88 Å². The quantitative estimate of drug-likeness (QED) is 0.789. The molecule has 2 heterocycles. The van der Waals surface area contributed by atoms with Gasteiger partial charge in [0.2, 0.25) is 0 Å². The van der Waals surface area contributed by atoms with E-state index in [0.717, 1.165) is 35.6 Å². The van der Waals surface area contributed by atoms with Crippen molar-refractivity contribution in [2.75, 3.05) is 19.0 Å². The molecule has 0 amide bonds. The minimum Gasteiger partial charge on any atom is -0.363 e. The van der Waals surface area contributed by atoms with Crippen molar-refractivity contribution in [3.05, 3.63) is 53.9 Å². The van der Waals surface area contributed by atoms with Crippen molar-refractivity contribution in [2.45, 2.75) is 12.8 Å². The summed E-state index contributed by atoms with van der Waals surface area (Å²) in [6.07, 6.45) is 1.89. The van der Waals surface area contributed by atoms with E-state index in [1.165, 1.54) is 5.56 Å². The Labute approximate surface area is 118 Å². The SMILES string of the molecule is CN(C)c1ccc2[nH]c(CCc3ccccc3)nc2n1. The van der Waals surface area contributed by atoms with Gasteiger partial charge in [-0.3, -0.25) is 0 Å². The summed E-state index contributed by atoms with van der Waals surface area (Å²) >= 11 is 0. The maximum absolute atomic E-state index is 4.58. The van der Waals surface area contributed by atoms with E-state index >= 15 is 0 Å². The van der Waals surface area contributed by atoms with Crippen molar-refractivity contribution in [1.29, 1.82) is 0 Å². The molecule has 0 radical (unpaired) electrons. The number of hydrogen-bond acceptors (Lipinski definition) is 3. The zero-order valence-corrected chi connectivity index (χ0v) is 11.8. The molecule has 0 aliphatic rings. The second-order valence-electron chi connectivity index (χ2n) is 5.10. The van der Waals surface area contributed by atoms with Crippen LogP contribution in [0.1, 0.15) is 11.4 Å². The Morgan fingerprint density at radius 3 is 2.50 bits per heavy atom. The summed E-state index contributed by atoms with van der Waals surface area (Å²) in [6.45, 7) is 0. The van der Waals surface area contributed by atoms with Crippen LogP contribution in [0.25, 0.3) is 11.2 Å². The van der Waals surface area contributed by atoms with E-state index in [4.69, 9.17) is 0 Å². The molecular weight excluding hydrogens is 248 g/mol. The molecule has 0 unspecified atom stereocenters. The van der Waals surface area contributed by atoms with E-state index in [1.54, 1.807) is 0 Å². The molecule has 0 atom stereocenters. The van der Waals surface area contributed by atoms with Crippen LogP contribution in [-0.4, -0.2) is 29.0 Å². The number of imidazole rings is 1. The van der Waals surface area contributed by atoms with Crippen LogP contribution in [-0.2, 0) is 12.8 Å². The Morgan fingerprint density at radius 2 is 1.75 bits per heavy atom. The van der Waals surface area contributed by atoms with Crippen molar-refractivity contribution < 1.29 is 0 Å². The number of anilines is 1. The normalized spacial score (nSPS) is 10.9. The number of rotatable bonds is 4. The zero-order valence-electron chi connectivity index (χ0n) is 11.8. The molecule has 4 nitrogen and oxygen atoms in total. The van der Waals surface area contributed by atoms with Gasteiger partial charge in [0.05, 0.1) is 5.52 Å². The van der Waals surface area contributed by atoms with Gasteiger partial charge in [-0.25, -0.2) is 9.97 Å². The van der Waals surface area contributed by atoms with Crippen LogP contribution in [0.15, 0.2) is 42.5 Å². The number of nitrogens with one attached hydrogen (secondary N) is 1. The molecule has 0 saturated carbocycles. The molecule has 0 fully saturated rings. The van der Waals surface area contributed by atoms with Crippen LogP contribution in [0, 0.1) is 0 Å². The smallest absolute Gasteiger partial charge is 0.179 e. The molecule has 0 saturated heterocycles. The van der Waals surface area contributed by atoms with E-state index in [9.17, 15) is 0 Å². The standard InChI is InChI=1S/C16H18N4/c1-20(2)15-11-9-13-16(19-15)18-14(17-13)10-8-12-6-4-3-5-7-12/h3-7,9,11H,8,10H2,1-2H3,(H,17,18,19). The summed E-state index contributed by atoms with van der Waals surface area (Å²) < 4.78 is 0. The van der Waals surface area contributed by atoms with E-state index in [1.807, 2.05) is 37.2 Å². The molecule has 2 aromatic heterocycles. The molecule has 3 rings (SSSR count). The van der Waals surface area contributed by atoms with Crippen molar-refractivity contribution >= 4 is 17.0 Å². The molecule has 0 bridgehead atoms. The number of benzene rings is 1. The molecular formula is C16H18N4. The Hall–Kier alpha value is -2.36. The summed E-state index contributed by atoms with van der Waals surface area (Å²) in [6, 6.07) is 14.5. The van der Waals surface area contributed by atoms with Gasteiger partial charge in [-0.2, -0.15) is 0 Å². The van der Waals surface area contributed by atoms with Crippen molar-refractivity contribution in [3.8, 4) is 0 Å². The number of H-pyrrole nitrogens is 1. The van der Waals surface area contributed by atoms with Gasteiger partial charge in [-0.05, 0) is 24.1 Å². The monoisotopic (exact) mass is 266 g/mol. The number of hydrogen-bond donors (Lipinski definition) is 1. The molecule has 102 valence electrons. The second kappa shape index (κ2) is 5.33. The van der Waals surface area contributed by atoms with Crippen LogP contribution in [0.3, 0.4) is 0 Å². The summed E-state index contributed by atoms with van der Waals surface area (Å²) in [5.41, 5.74) is 3.12. The third-order valence-corrected chi connectivity index (χ3v) is 3.33. The summed E-state index contributed by atoms with van der Waals surface area (Å²) in [7, 11) is 3.97. The Bertz CT molecular complexity index is 701. The lowest BCUT2D eigenvalue weighted by Crippen LogP contribution is -2.10. The first-order valence-corrected chi connectivity index (χ1v) is 6.79. The van der Waals surface area contributed by atoms with Gasteiger partial charge in [0.25, 0.3) is 0 Å². The third-order valence-electron chi connectivity index (χ3n) is 3.33. The first-order valence-electron chi connectivity index (χ1n) is 6.79. The number of aromatic amines is 1. The Morgan fingerprint density at radius 1 is 0.950 bits per heavy atom. The van der Waals surface area contributed by atoms with E-state index in [-0.39, 0.29) is 0 Å². The molecule has 3 aromatic rings. The average Bonchev–Trinajstić information content (AvgIpc) is 2.88. The lowest BCUT2D eigenvalue weighted by atomic mass is 10.1. The summed E-state index contributed by atoms with van der Waals surface area (Å²) in [5, 5.41) is 0.